The summed E-state index contributed by atoms with van der Waals surface area (Å²) in [5.41, 5.74) is 7.60. The highest BCUT2D eigenvalue weighted by Crippen LogP contribution is 2.37. The van der Waals surface area contributed by atoms with Gasteiger partial charge in [-0.3, -0.25) is 0 Å². The fourth-order valence-corrected chi connectivity index (χ4v) is 3.23. The van der Waals surface area contributed by atoms with Gasteiger partial charge in [-0.2, -0.15) is 0 Å². The molecule has 1 aliphatic heterocycles. The molecular weight excluding hydrogens is 264 g/mol. The Morgan fingerprint density at radius 3 is 2.50 bits per heavy atom. The highest BCUT2D eigenvalue weighted by molar-refractivity contribution is 9.10. The van der Waals surface area contributed by atoms with Gasteiger partial charge in [0.05, 0.1) is 0 Å². The van der Waals surface area contributed by atoms with Crippen LogP contribution in [0.5, 0.6) is 0 Å². The average molecular weight is 283 g/mol. The van der Waals surface area contributed by atoms with Crippen LogP contribution < -0.4 is 5.73 Å². The molecule has 1 aromatic carbocycles. The molecule has 3 heteroatoms. The van der Waals surface area contributed by atoms with Gasteiger partial charge in [0.2, 0.25) is 0 Å². The van der Waals surface area contributed by atoms with Crippen LogP contribution in [0.1, 0.15) is 18.4 Å². The van der Waals surface area contributed by atoms with Gasteiger partial charge in [0, 0.05) is 16.4 Å². The van der Waals surface area contributed by atoms with Gasteiger partial charge >= 0.3 is 0 Å². The first-order valence-electron chi connectivity index (χ1n) is 5.81. The second kappa shape index (κ2) is 4.86. The third kappa shape index (κ3) is 2.17. The van der Waals surface area contributed by atoms with E-state index >= 15 is 0 Å². The quantitative estimate of drug-likeness (QED) is 0.903. The minimum absolute atomic E-state index is 0.173. The maximum Gasteiger partial charge on any atom is 0.0213 e. The van der Waals surface area contributed by atoms with Gasteiger partial charge in [-0.25, -0.2) is 0 Å². The van der Waals surface area contributed by atoms with Crippen LogP contribution in [0.4, 0.5) is 0 Å². The number of hydrogen-bond acceptors (Lipinski definition) is 2. The van der Waals surface area contributed by atoms with Gasteiger partial charge in [0.1, 0.15) is 0 Å². The number of benzene rings is 1. The second-order valence-electron chi connectivity index (χ2n) is 4.77. The van der Waals surface area contributed by atoms with E-state index in [1.165, 1.54) is 10.0 Å². The van der Waals surface area contributed by atoms with E-state index in [-0.39, 0.29) is 5.41 Å². The highest BCUT2D eigenvalue weighted by atomic mass is 79.9. The summed E-state index contributed by atoms with van der Waals surface area (Å²) < 4.78 is 1.20. The minimum Gasteiger partial charge on any atom is -0.330 e. The van der Waals surface area contributed by atoms with Gasteiger partial charge in [0.15, 0.2) is 0 Å². The molecule has 0 radical (unpaired) electrons. The minimum atomic E-state index is 0.173. The summed E-state index contributed by atoms with van der Waals surface area (Å²) in [5.74, 6) is 0. The molecular formula is C13H19BrN2. The summed E-state index contributed by atoms with van der Waals surface area (Å²) in [5, 5.41) is 0. The predicted octanol–water partition coefficient (Wildman–Crippen LogP) is 2.37. The zero-order chi connectivity index (χ0) is 11.6. The molecule has 0 atom stereocenters. The van der Waals surface area contributed by atoms with E-state index in [0.29, 0.717) is 0 Å². The van der Waals surface area contributed by atoms with Gasteiger partial charge in [0.25, 0.3) is 0 Å². The first-order valence-corrected chi connectivity index (χ1v) is 6.61. The summed E-state index contributed by atoms with van der Waals surface area (Å²) in [4.78, 5) is 2.38. The van der Waals surface area contributed by atoms with Crippen molar-refractivity contribution < 1.29 is 0 Å². The molecule has 0 amide bonds. The molecule has 0 aromatic heterocycles. The molecule has 1 aliphatic rings. The highest BCUT2D eigenvalue weighted by Gasteiger charge is 2.35. The maximum atomic E-state index is 6.05. The Kier molecular flexibility index (Phi) is 3.67. The normalized spacial score (nSPS) is 20.9. The Morgan fingerprint density at radius 1 is 1.31 bits per heavy atom. The molecule has 2 N–H and O–H groups in total. The van der Waals surface area contributed by atoms with Crippen LogP contribution >= 0.6 is 15.9 Å². The number of nitrogens with zero attached hydrogens (tertiary/aromatic N) is 1. The lowest BCUT2D eigenvalue weighted by atomic mass is 9.73. The predicted molar refractivity (Wildman–Crippen MR) is 71.6 cm³/mol. The SMILES string of the molecule is CN1CCC(CN)(c2ccccc2Br)CC1. The maximum absolute atomic E-state index is 6.05. The van der Waals surface area contributed by atoms with Crippen LogP contribution in [-0.2, 0) is 5.41 Å². The van der Waals surface area contributed by atoms with Crippen molar-refractivity contribution in [2.24, 2.45) is 5.73 Å². The molecule has 88 valence electrons. The molecule has 1 fully saturated rings. The van der Waals surface area contributed by atoms with E-state index in [1.807, 2.05) is 0 Å². The fraction of sp³-hybridized carbons (Fsp3) is 0.538. The summed E-state index contributed by atoms with van der Waals surface area (Å²) in [6.45, 7) is 3.01. The topological polar surface area (TPSA) is 29.3 Å². The van der Waals surface area contributed by atoms with Crippen molar-refractivity contribution in [3.05, 3.63) is 34.3 Å². The lowest BCUT2D eigenvalue weighted by molar-refractivity contribution is 0.191. The molecule has 0 unspecified atom stereocenters. The first kappa shape index (κ1) is 12.1. The number of nitrogens with two attached hydrogens (primary N) is 1. The molecule has 0 saturated carbocycles. The Labute approximate surface area is 106 Å². The summed E-state index contributed by atoms with van der Waals surface area (Å²) in [6.07, 6.45) is 2.31. The number of rotatable bonds is 2. The van der Waals surface area contributed by atoms with Crippen molar-refractivity contribution in [3.8, 4) is 0 Å². The van der Waals surface area contributed by atoms with Crippen molar-refractivity contribution in [2.45, 2.75) is 18.3 Å². The molecule has 1 aromatic rings. The van der Waals surface area contributed by atoms with Crippen molar-refractivity contribution in [3.63, 3.8) is 0 Å². The molecule has 16 heavy (non-hydrogen) atoms. The van der Waals surface area contributed by atoms with Crippen molar-refractivity contribution in [1.82, 2.24) is 4.90 Å². The van der Waals surface area contributed by atoms with E-state index < -0.39 is 0 Å². The van der Waals surface area contributed by atoms with E-state index in [9.17, 15) is 0 Å². The van der Waals surface area contributed by atoms with Crippen LogP contribution in [0.15, 0.2) is 28.7 Å². The zero-order valence-electron chi connectivity index (χ0n) is 9.75. The molecule has 1 saturated heterocycles. The third-order valence-corrected chi connectivity index (χ3v) is 4.47. The Bertz CT molecular complexity index is 357. The Balaban J connectivity index is 2.32. The first-order chi connectivity index (χ1) is 7.68. The molecule has 0 aliphatic carbocycles. The Hall–Kier alpha value is -0.380. The van der Waals surface area contributed by atoms with Crippen LogP contribution in [0.25, 0.3) is 0 Å². The van der Waals surface area contributed by atoms with E-state index in [0.717, 1.165) is 32.5 Å². The van der Waals surface area contributed by atoms with Gasteiger partial charge < -0.3 is 10.6 Å². The van der Waals surface area contributed by atoms with Gasteiger partial charge in [-0.1, -0.05) is 34.1 Å². The molecule has 2 nitrogen and oxygen atoms in total. The third-order valence-electron chi connectivity index (χ3n) is 3.78. The lowest BCUT2D eigenvalue weighted by Crippen LogP contribution is -2.45. The second-order valence-corrected chi connectivity index (χ2v) is 5.62. The Morgan fingerprint density at radius 2 is 1.94 bits per heavy atom. The van der Waals surface area contributed by atoms with Crippen molar-refractivity contribution in [2.75, 3.05) is 26.7 Å². The smallest absolute Gasteiger partial charge is 0.0213 e. The van der Waals surface area contributed by atoms with Crippen LogP contribution in [0, 0.1) is 0 Å². The van der Waals surface area contributed by atoms with Crippen LogP contribution in [-0.4, -0.2) is 31.6 Å². The fourth-order valence-electron chi connectivity index (χ4n) is 2.52. The van der Waals surface area contributed by atoms with Gasteiger partial charge in [-0.15, -0.1) is 0 Å². The van der Waals surface area contributed by atoms with E-state index in [2.05, 4.69) is 52.1 Å². The summed E-state index contributed by atoms with van der Waals surface area (Å²) >= 11 is 3.65. The van der Waals surface area contributed by atoms with Crippen molar-refractivity contribution in [1.29, 1.82) is 0 Å². The number of halogens is 1. The standard InChI is InChI=1S/C13H19BrN2/c1-16-8-6-13(10-15,7-9-16)11-4-2-3-5-12(11)14/h2-5H,6-10,15H2,1H3. The van der Waals surface area contributed by atoms with E-state index in [1.54, 1.807) is 0 Å². The molecule has 0 spiro atoms. The molecule has 1 heterocycles. The van der Waals surface area contributed by atoms with E-state index in [4.69, 9.17) is 5.73 Å². The zero-order valence-corrected chi connectivity index (χ0v) is 11.3. The lowest BCUT2D eigenvalue weighted by Gasteiger charge is -2.40. The monoisotopic (exact) mass is 282 g/mol. The van der Waals surface area contributed by atoms with Crippen LogP contribution in [0.3, 0.4) is 0 Å². The van der Waals surface area contributed by atoms with Crippen LogP contribution in [0.2, 0.25) is 0 Å². The number of hydrogen-bond donors (Lipinski definition) is 1. The largest absolute Gasteiger partial charge is 0.330 e. The molecule has 0 bridgehead atoms. The average Bonchev–Trinajstić information content (AvgIpc) is 2.32. The van der Waals surface area contributed by atoms with Crippen molar-refractivity contribution >= 4 is 15.9 Å². The molecule has 2 rings (SSSR count). The van der Waals surface area contributed by atoms with Gasteiger partial charge in [-0.05, 0) is 44.6 Å². The summed E-state index contributed by atoms with van der Waals surface area (Å²) in [6, 6.07) is 8.50. The number of likely N-dealkylation sites (tertiary alicyclic amines) is 1. The number of piperidine rings is 1. The summed E-state index contributed by atoms with van der Waals surface area (Å²) in [7, 11) is 2.18.